The molecule has 0 unspecified atom stereocenters. The van der Waals surface area contributed by atoms with Crippen LogP contribution >= 0.6 is 0 Å². The molecule has 6 nitrogen and oxygen atoms in total. The second-order valence-electron chi connectivity index (χ2n) is 6.62. The van der Waals surface area contributed by atoms with E-state index in [0.29, 0.717) is 17.9 Å². The third kappa shape index (κ3) is 5.73. The Bertz CT molecular complexity index is 867. The van der Waals surface area contributed by atoms with Crippen LogP contribution in [-0.2, 0) is 14.8 Å². The van der Waals surface area contributed by atoms with Crippen LogP contribution in [0.4, 0.5) is 5.69 Å². The second-order valence-corrected chi connectivity index (χ2v) is 8.63. The Morgan fingerprint density at radius 1 is 1.04 bits per heavy atom. The average molecular weight is 405 g/mol. The zero-order valence-corrected chi connectivity index (χ0v) is 17.6. The summed E-state index contributed by atoms with van der Waals surface area (Å²) in [5.74, 6) is 0.343. The summed E-state index contributed by atoms with van der Waals surface area (Å²) >= 11 is 0. The van der Waals surface area contributed by atoms with E-state index in [1.54, 1.807) is 24.3 Å². The predicted molar refractivity (Wildman–Crippen MR) is 112 cm³/mol. The van der Waals surface area contributed by atoms with Crippen molar-refractivity contribution >= 4 is 21.6 Å². The maximum atomic E-state index is 12.7. The molecule has 2 rings (SSSR count). The molecule has 0 aliphatic rings. The van der Waals surface area contributed by atoms with Gasteiger partial charge in [0.2, 0.25) is 10.0 Å². The van der Waals surface area contributed by atoms with E-state index in [9.17, 15) is 13.2 Å². The first-order valence-corrected chi connectivity index (χ1v) is 11.2. The number of rotatable bonds is 9. The molecular formula is C21H28N2O4S. The fraction of sp³-hybridized carbons (Fsp3) is 0.381. The lowest BCUT2D eigenvalue weighted by molar-refractivity contribution is -0.128. The molecule has 0 heterocycles. The van der Waals surface area contributed by atoms with Crippen LogP contribution in [0.15, 0.2) is 54.6 Å². The van der Waals surface area contributed by atoms with Crippen LogP contribution in [0.25, 0.3) is 0 Å². The van der Waals surface area contributed by atoms with E-state index in [4.69, 9.17) is 4.74 Å². The molecule has 0 aromatic heterocycles. The van der Waals surface area contributed by atoms with Crippen molar-refractivity contribution in [3.8, 4) is 5.75 Å². The van der Waals surface area contributed by atoms with Crippen molar-refractivity contribution in [3.05, 3.63) is 60.2 Å². The molecule has 0 aliphatic heterocycles. The van der Waals surface area contributed by atoms with E-state index >= 15 is 0 Å². The fourth-order valence-corrected chi connectivity index (χ4v) is 3.29. The third-order valence-corrected chi connectivity index (χ3v) is 5.77. The Morgan fingerprint density at radius 3 is 2.14 bits per heavy atom. The maximum absolute atomic E-state index is 12.7. The van der Waals surface area contributed by atoms with Crippen molar-refractivity contribution in [2.45, 2.75) is 38.8 Å². The van der Waals surface area contributed by atoms with Gasteiger partial charge in [-0.2, -0.15) is 0 Å². The molecule has 0 bridgehead atoms. The molecule has 1 amide bonds. The van der Waals surface area contributed by atoms with E-state index in [0.717, 1.165) is 18.2 Å². The molecule has 0 saturated carbocycles. The molecule has 1 N–H and O–H groups in total. The molecule has 2 atom stereocenters. The Morgan fingerprint density at radius 2 is 1.64 bits per heavy atom. The molecule has 2 aromatic carbocycles. The van der Waals surface area contributed by atoms with Crippen LogP contribution in [0.2, 0.25) is 0 Å². The third-order valence-electron chi connectivity index (χ3n) is 4.57. The van der Waals surface area contributed by atoms with Crippen molar-refractivity contribution in [2.24, 2.45) is 0 Å². The summed E-state index contributed by atoms with van der Waals surface area (Å²) in [4.78, 5) is 12.7. The fourth-order valence-electron chi connectivity index (χ4n) is 2.78. The summed E-state index contributed by atoms with van der Waals surface area (Å²) in [6.45, 7) is 3.91. The average Bonchev–Trinajstić information content (AvgIpc) is 2.69. The van der Waals surface area contributed by atoms with Crippen LogP contribution in [0.1, 0.15) is 38.3 Å². The highest BCUT2D eigenvalue weighted by molar-refractivity contribution is 7.92. The molecule has 152 valence electrons. The van der Waals surface area contributed by atoms with Crippen LogP contribution in [0.3, 0.4) is 0 Å². The SMILES string of the molecule is CC[C@H](Oc1ccc(N(C)S(C)(=O)=O)cc1)C(=O)N[C@H](CC)c1ccccc1. The zero-order valence-electron chi connectivity index (χ0n) is 16.8. The number of hydrogen-bond acceptors (Lipinski definition) is 4. The van der Waals surface area contributed by atoms with Crippen LogP contribution in [-0.4, -0.2) is 33.7 Å². The normalized spacial score (nSPS) is 13.4. The van der Waals surface area contributed by atoms with Gasteiger partial charge in [0.1, 0.15) is 5.75 Å². The molecule has 0 spiro atoms. The lowest BCUT2D eigenvalue weighted by atomic mass is 10.0. The minimum atomic E-state index is -3.32. The van der Waals surface area contributed by atoms with Crippen LogP contribution in [0.5, 0.6) is 5.75 Å². The number of nitrogens with one attached hydrogen (secondary N) is 1. The first kappa shape index (κ1) is 21.8. The highest BCUT2D eigenvalue weighted by Crippen LogP contribution is 2.22. The summed E-state index contributed by atoms with van der Waals surface area (Å²) < 4.78 is 30.3. The Balaban J connectivity index is 2.05. The molecule has 28 heavy (non-hydrogen) atoms. The molecule has 7 heteroatoms. The Hall–Kier alpha value is -2.54. The number of benzene rings is 2. The first-order valence-electron chi connectivity index (χ1n) is 9.32. The van der Waals surface area contributed by atoms with Gasteiger partial charge in [-0.1, -0.05) is 44.2 Å². The van der Waals surface area contributed by atoms with Gasteiger partial charge < -0.3 is 10.1 Å². The number of sulfonamides is 1. The molecule has 2 aromatic rings. The quantitative estimate of drug-likeness (QED) is 0.694. The summed E-state index contributed by atoms with van der Waals surface area (Å²) in [5, 5.41) is 3.05. The van der Waals surface area contributed by atoms with Gasteiger partial charge in [0.05, 0.1) is 18.0 Å². The summed E-state index contributed by atoms with van der Waals surface area (Å²) in [7, 11) is -1.84. The van der Waals surface area contributed by atoms with Gasteiger partial charge in [-0.15, -0.1) is 0 Å². The molecule has 0 radical (unpaired) electrons. The van der Waals surface area contributed by atoms with E-state index in [2.05, 4.69) is 5.32 Å². The minimum absolute atomic E-state index is 0.0721. The summed E-state index contributed by atoms with van der Waals surface area (Å²) in [5.41, 5.74) is 1.59. The van der Waals surface area contributed by atoms with Crippen LogP contribution < -0.4 is 14.4 Å². The zero-order chi connectivity index (χ0) is 20.7. The molecular weight excluding hydrogens is 376 g/mol. The lowest BCUT2D eigenvalue weighted by Gasteiger charge is -2.23. The van der Waals surface area contributed by atoms with Gasteiger partial charge in [-0.3, -0.25) is 9.10 Å². The van der Waals surface area contributed by atoms with Gasteiger partial charge >= 0.3 is 0 Å². The second kappa shape index (κ2) is 9.59. The van der Waals surface area contributed by atoms with Crippen molar-refractivity contribution in [2.75, 3.05) is 17.6 Å². The van der Waals surface area contributed by atoms with Crippen molar-refractivity contribution in [1.82, 2.24) is 5.32 Å². The lowest BCUT2D eigenvalue weighted by Crippen LogP contribution is -2.39. The van der Waals surface area contributed by atoms with E-state index in [1.807, 2.05) is 44.2 Å². The Labute approximate surface area is 167 Å². The number of ether oxygens (including phenoxy) is 1. The number of nitrogens with zero attached hydrogens (tertiary/aromatic N) is 1. The highest BCUT2D eigenvalue weighted by Gasteiger charge is 2.22. The molecule has 0 aliphatic carbocycles. The van der Waals surface area contributed by atoms with Gasteiger partial charge in [0, 0.05) is 7.05 Å². The number of amides is 1. The predicted octanol–water partition coefficient (Wildman–Crippen LogP) is 3.51. The minimum Gasteiger partial charge on any atom is -0.481 e. The summed E-state index contributed by atoms with van der Waals surface area (Å²) in [6.07, 6.45) is 1.81. The van der Waals surface area contributed by atoms with Crippen molar-refractivity contribution < 1.29 is 17.9 Å². The molecule has 0 fully saturated rings. The van der Waals surface area contributed by atoms with Gasteiger partial charge in [0.25, 0.3) is 5.91 Å². The van der Waals surface area contributed by atoms with Gasteiger partial charge in [-0.25, -0.2) is 8.42 Å². The van der Waals surface area contributed by atoms with Gasteiger partial charge in [-0.05, 0) is 42.7 Å². The van der Waals surface area contributed by atoms with E-state index in [1.165, 1.54) is 11.4 Å². The number of carbonyl (C=O) groups excluding carboxylic acids is 1. The van der Waals surface area contributed by atoms with Gasteiger partial charge in [0.15, 0.2) is 6.10 Å². The standard InChI is InChI=1S/C21H28N2O4S/c1-5-19(16-10-8-7-9-11-16)22-21(24)20(6-2)27-18-14-12-17(13-15-18)23(3)28(4,25)26/h7-15,19-20H,5-6H2,1-4H3,(H,22,24)/t19-,20+/m1/s1. The van der Waals surface area contributed by atoms with Crippen molar-refractivity contribution in [1.29, 1.82) is 0 Å². The van der Waals surface area contributed by atoms with E-state index < -0.39 is 16.1 Å². The number of carbonyl (C=O) groups is 1. The van der Waals surface area contributed by atoms with Crippen molar-refractivity contribution in [3.63, 3.8) is 0 Å². The Kier molecular flexibility index (Phi) is 7.45. The number of hydrogen-bond donors (Lipinski definition) is 1. The molecule has 0 saturated heterocycles. The maximum Gasteiger partial charge on any atom is 0.261 e. The monoisotopic (exact) mass is 404 g/mol. The van der Waals surface area contributed by atoms with Crippen LogP contribution in [0, 0.1) is 0 Å². The topological polar surface area (TPSA) is 75.7 Å². The highest BCUT2D eigenvalue weighted by atomic mass is 32.2. The van der Waals surface area contributed by atoms with E-state index in [-0.39, 0.29) is 11.9 Å². The smallest absolute Gasteiger partial charge is 0.261 e. The first-order chi connectivity index (χ1) is 13.3. The largest absolute Gasteiger partial charge is 0.481 e. The summed E-state index contributed by atoms with van der Waals surface area (Å²) in [6, 6.07) is 16.4. The number of anilines is 1.